The van der Waals surface area contributed by atoms with E-state index in [1.807, 2.05) is 0 Å². The summed E-state index contributed by atoms with van der Waals surface area (Å²) in [6.07, 6.45) is 2.48. The number of hydrogen-bond donors (Lipinski definition) is 1. The second-order valence-electron chi connectivity index (χ2n) is 4.05. The first-order valence-corrected chi connectivity index (χ1v) is 5.90. The highest BCUT2D eigenvalue weighted by atomic mass is 16.5. The Morgan fingerprint density at radius 3 is 2.94 bits per heavy atom. The van der Waals surface area contributed by atoms with Crippen LogP contribution in [0.1, 0.15) is 12.6 Å². The number of aromatic amines is 1. The van der Waals surface area contributed by atoms with Gasteiger partial charge in [0.05, 0.1) is 18.6 Å². The molecule has 0 spiro atoms. The molecule has 0 aromatic carbocycles. The number of fused-ring (bicyclic) bond motifs is 1. The first kappa shape index (κ1) is 10.5. The van der Waals surface area contributed by atoms with E-state index in [-0.39, 0.29) is 0 Å². The van der Waals surface area contributed by atoms with Gasteiger partial charge in [0.1, 0.15) is 12.1 Å². The maximum atomic E-state index is 5.36. The van der Waals surface area contributed by atoms with Gasteiger partial charge in [-0.2, -0.15) is 5.10 Å². The fraction of sp³-hybridized carbons (Fsp3) is 0.545. The molecule has 1 saturated heterocycles. The number of aryl methyl sites for hydroxylation is 1. The summed E-state index contributed by atoms with van der Waals surface area (Å²) in [5, 5.41) is 8.30. The summed E-state index contributed by atoms with van der Waals surface area (Å²) in [7, 11) is 0. The maximum absolute atomic E-state index is 5.36. The lowest BCUT2D eigenvalue weighted by atomic mass is 10.2. The van der Waals surface area contributed by atoms with Crippen LogP contribution in [0.4, 0.5) is 5.82 Å². The van der Waals surface area contributed by atoms with E-state index in [2.05, 4.69) is 32.0 Å². The van der Waals surface area contributed by atoms with Crippen LogP contribution in [0, 0.1) is 0 Å². The van der Waals surface area contributed by atoms with Gasteiger partial charge in [0.15, 0.2) is 5.65 Å². The third kappa shape index (κ3) is 1.74. The van der Waals surface area contributed by atoms with E-state index in [4.69, 9.17) is 4.74 Å². The number of H-pyrrole nitrogens is 1. The van der Waals surface area contributed by atoms with E-state index < -0.39 is 0 Å². The lowest BCUT2D eigenvalue weighted by Gasteiger charge is -2.28. The van der Waals surface area contributed by atoms with Crippen molar-refractivity contribution in [1.82, 2.24) is 20.2 Å². The topological polar surface area (TPSA) is 66.9 Å². The molecule has 0 amide bonds. The number of rotatable bonds is 2. The minimum absolute atomic E-state index is 0.748. The van der Waals surface area contributed by atoms with Gasteiger partial charge in [0.25, 0.3) is 0 Å². The Morgan fingerprint density at radius 2 is 2.18 bits per heavy atom. The second kappa shape index (κ2) is 4.29. The third-order valence-corrected chi connectivity index (χ3v) is 3.07. The van der Waals surface area contributed by atoms with Gasteiger partial charge in [-0.1, -0.05) is 6.92 Å². The van der Waals surface area contributed by atoms with Crippen LogP contribution in [0.3, 0.4) is 0 Å². The van der Waals surface area contributed by atoms with Gasteiger partial charge in [0, 0.05) is 18.8 Å². The van der Waals surface area contributed by atoms with Crippen LogP contribution in [0.15, 0.2) is 6.33 Å². The molecule has 3 heterocycles. The van der Waals surface area contributed by atoms with Crippen molar-refractivity contribution in [3.8, 4) is 0 Å². The van der Waals surface area contributed by atoms with Crippen molar-refractivity contribution >= 4 is 16.9 Å². The van der Waals surface area contributed by atoms with Gasteiger partial charge in [-0.15, -0.1) is 0 Å². The van der Waals surface area contributed by atoms with E-state index in [1.54, 1.807) is 6.33 Å². The van der Waals surface area contributed by atoms with Crippen molar-refractivity contribution in [3.05, 3.63) is 12.0 Å². The Bertz CT molecular complexity index is 518. The molecule has 90 valence electrons. The Morgan fingerprint density at radius 1 is 1.35 bits per heavy atom. The van der Waals surface area contributed by atoms with Crippen molar-refractivity contribution in [2.75, 3.05) is 31.2 Å². The fourth-order valence-corrected chi connectivity index (χ4v) is 2.17. The minimum Gasteiger partial charge on any atom is -0.378 e. The van der Waals surface area contributed by atoms with Crippen LogP contribution in [0.2, 0.25) is 0 Å². The Hall–Kier alpha value is -1.69. The fourth-order valence-electron chi connectivity index (χ4n) is 2.17. The molecule has 0 unspecified atom stereocenters. The first-order chi connectivity index (χ1) is 8.40. The van der Waals surface area contributed by atoms with Crippen LogP contribution in [0.5, 0.6) is 0 Å². The third-order valence-electron chi connectivity index (χ3n) is 3.07. The van der Waals surface area contributed by atoms with Crippen molar-refractivity contribution < 1.29 is 4.74 Å². The van der Waals surface area contributed by atoms with Gasteiger partial charge in [0.2, 0.25) is 0 Å². The molecule has 0 bridgehead atoms. The minimum atomic E-state index is 0.748. The predicted molar refractivity (Wildman–Crippen MR) is 64.1 cm³/mol. The standard InChI is InChI=1S/C11H15N5O/c1-2-8-9-10(15-14-8)12-7-13-11(9)16-3-5-17-6-4-16/h7H,2-6H2,1H3,(H,12,13,14,15). The molecule has 3 rings (SSSR count). The molecule has 0 aliphatic carbocycles. The van der Waals surface area contributed by atoms with Gasteiger partial charge >= 0.3 is 0 Å². The van der Waals surface area contributed by atoms with E-state index in [9.17, 15) is 0 Å². The predicted octanol–water partition coefficient (Wildman–Crippen LogP) is 0.752. The molecule has 0 atom stereocenters. The van der Waals surface area contributed by atoms with E-state index in [1.165, 1.54) is 0 Å². The smallest absolute Gasteiger partial charge is 0.186 e. The molecule has 6 heteroatoms. The summed E-state index contributed by atoms with van der Waals surface area (Å²) in [4.78, 5) is 10.8. The molecular formula is C11H15N5O. The van der Waals surface area contributed by atoms with Crippen LogP contribution < -0.4 is 4.90 Å². The summed E-state index contributed by atoms with van der Waals surface area (Å²) in [5.74, 6) is 0.976. The number of nitrogens with one attached hydrogen (secondary N) is 1. The van der Waals surface area contributed by atoms with E-state index in [0.717, 1.165) is 55.3 Å². The van der Waals surface area contributed by atoms with Gasteiger partial charge < -0.3 is 9.64 Å². The Labute approximate surface area is 99.0 Å². The summed E-state index contributed by atoms with van der Waals surface area (Å²) >= 11 is 0. The van der Waals surface area contributed by atoms with Gasteiger partial charge in [-0.3, -0.25) is 5.10 Å². The highest BCUT2D eigenvalue weighted by Gasteiger charge is 2.18. The number of nitrogens with zero attached hydrogens (tertiary/aromatic N) is 4. The quantitative estimate of drug-likeness (QED) is 0.829. The number of ether oxygens (including phenoxy) is 1. The SMILES string of the molecule is CCc1[nH]nc2ncnc(N3CCOCC3)c12. The van der Waals surface area contributed by atoms with Crippen LogP contribution in [0.25, 0.3) is 11.0 Å². The van der Waals surface area contributed by atoms with Crippen molar-refractivity contribution in [2.24, 2.45) is 0 Å². The second-order valence-corrected chi connectivity index (χ2v) is 4.05. The van der Waals surface area contributed by atoms with E-state index >= 15 is 0 Å². The number of hydrogen-bond acceptors (Lipinski definition) is 5. The molecule has 2 aromatic heterocycles. The van der Waals surface area contributed by atoms with E-state index in [0.29, 0.717) is 0 Å². The number of anilines is 1. The molecule has 1 aliphatic rings. The normalized spacial score (nSPS) is 16.6. The van der Waals surface area contributed by atoms with Gasteiger partial charge in [-0.05, 0) is 6.42 Å². The zero-order valence-corrected chi connectivity index (χ0v) is 9.81. The molecule has 2 aromatic rings. The maximum Gasteiger partial charge on any atom is 0.186 e. The average molecular weight is 233 g/mol. The summed E-state index contributed by atoms with van der Waals surface area (Å²) in [5.41, 5.74) is 1.85. The zero-order chi connectivity index (χ0) is 11.7. The molecular weight excluding hydrogens is 218 g/mol. The molecule has 1 N–H and O–H groups in total. The highest BCUT2D eigenvalue weighted by Crippen LogP contribution is 2.25. The monoisotopic (exact) mass is 233 g/mol. The summed E-state index contributed by atoms with van der Waals surface area (Å²) in [6.45, 7) is 5.36. The summed E-state index contributed by atoms with van der Waals surface area (Å²) in [6, 6.07) is 0. The van der Waals surface area contributed by atoms with Crippen molar-refractivity contribution in [3.63, 3.8) is 0 Å². The highest BCUT2D eigenvalue weighted by molar-refractivity contribution is 5.89. The molecule has 0 saturated carbocycles. The van der Waals surface area contributed by atoms with Crippen LogP contribution in [-0.4, -0.2) is 46.5 Å². The zero-order valence-electron chi connectivity index (χ0n) is 9.81. The number of morpholine rings is 1. The van der Waals surface area contributed by atoms with Gasteiger partial charge in [-0.25, -0.2) is 9.97 Å². The van der Waals surface area contributed by atoms with Crippen LogP contribution >= 0.6 is 0 Å². The van der Waals surface area contributed by atoms with Crippen molar-refractivity contribution in [2.45, 2.75) is 13.3 Å². The first-order valence-electron chi connectivity index (χ1n) is 5.90. The van der Waals surface area contributed by atoms with Crippen molar-refractivity contribution in [1.29, 1.82) is 0 Å². The lowest BCUT2D eigenvalue weighted by Crippen LogP contribution is -2.36. The lowest BCUT2D eigenvalue weighted by molar-refractivity contribution is 0.122. The Balaban J connectivity index is 2.10. The largest absolute Gasteiger partial charge is 0.378 e. The Kier molecular flexibility index (Phi) is 2.64. The average Bonchev–Trinajstić information content (AvgIpc) is 2.82. The molecule has 17 heavy (non-hydrogen) atoms. The number of aromatic nitrogens is 4. The molecule has 1 aliphatic heterocycles. The van der Waals surface area contributed by atoms with Crippen LogP contribution in [-0.2, 0) is 11.2 Å². The molecule has 6 nitrogen and oxygen atoms in total. The molecule has 0 radical (unpaired) electrons. The summed E-state index contributed by atoms with van der Waals surface area (Å²) < 4.78 is 5.36. The molecule has 1 fully saturated rings.